The van der Waals surface area contributed by atoms with Crippen molar-refractivity contribution in [3.05, 3.63) is 42.0 Å². The van der Waals surface area contributed by atoms with Crippen LogP contribution in [0.1, 0.15) is 23.2 Å². The molecule has 22 heavy (non-hydrogen) atoms. The molecule has 0 saturated carbocycles. The van der Waals surface area contributed by atoms with E-state index in [-0.39, 0.29) is 11.6 Å². The summed E-state index contributed by atoms with van der Waals surface area (Å²) < 4.78 is 19.8. The molecule has 0 atom stereocenters. The summed E-state index contributed by atoms with van der Waals surface area (Å²) in [6.45, 7) is 1.31. The Bertz CT molecular complexity index is 601. The number of methoxy groups -OCH3 is 1. The summed E-state index contributed by atoms with van der Waals surface area (Å²) in [6, 6.07) is 5.65. The van der Waals surface area contributed by atoms with Crippen molar-refractivity contribution in [2.75, 3.05) is 19.5 Å². The van der Waals surface area contributed by atoms with Gasteiger partial charge in [0.2, 0.25) is 0 Å². The maximum atomic E-state index is 12.8. The van der Waals surface area contributed by atoms with Crippen molar-refractivity contribution in [2.45, 2.75) is 24.5 Å². The van der Waals surface area contributed by atoms with Crippen LogP contribution in [0.2, 0.25) is 0 Å². The minimum Gasteiger partial charge on any atom is -0.383 e. The van der Waals surface area contributed by atoms with E-state index >= 15 is 0 Å². The summed E-state index contributed by atoms with van der Waals surface area (Å²) in [4.78, 5) is 11.9. The number of Topliss-reactive ketones (excluding diaryl/α,β-unsaturated/α-hetero) is 1. The smallest absolute Gasteiger partial charge is 0.191 e. The van der Waals surface area contributed by atoms with Crippen molar-refractivity contribution in [3.63, 3.8) is 0 Å². The van der Waals surface area contributed by atoms with Gasteiger partial charge in [-0.3, -0.25) is 4.79 Å². The van der Waals surface area contributed by atoms with Crippen molar-refractivity contribution in [2.24, 2.45) is 0 Å². The van der Waals surface area contributed by atoms with Gasteiger partial charge in [0.15, 0.2) is 10.9 Å². The molecule has 5 nitrogen and oxygen atoms in total. The molecule has 0 radical (unpaired) electrons. The van der Waals surface area contributed by atoms with Crippen molar-refractivity contribution in [1.82, 2.24) is 14.8 Å². The molecule has 0 aliphatic heterocycles. The van der Waals surface area contributed by atoms with Gasteiger partial charge in [0.05, 0.1) is 6.61 Å². The molecule has 2 rings (SSSR count). The van der Waals surface area contributed by atoms with E-state index in [2.05, 4.69) is 10.2 Å². The Hall–Kier alpha value is -1.73. The van der Waals surface area contributed by atoms with Gasteiger partial charge in [0.25, 0.3) is 0 Å². The second kappa shape index (κ2) is 8.65. The molecule has 0 N–H and O–H groups in total. The molecule has 0 aliphatic carbocycles. The molecule has 0 aliphatic rings. The van der Waals surface area contributed by atoms with Gasteiger partial charge in [-0.25, -0.2) is 4.39 Å². The van der Waals surface area contributed by atoms with Gasteiger partial charge in [0.1, 0.15) is 12.1 Å². The standard InChI is InChI=1S/C15H18FN3O2S/c1-21-9-8-19-11-17-18-15(19)22-10-2-3-14(20)12-4-6-13(16)7-5-12/h4-7,11H,2-3,8-10H2,1H3. The lowest BCUT2D eigenvalue weighted by Crippen LogP contribution is -2.05. The highest BCUT2D eigenvalue weighted by molar-refractivity contribution is 7.99. The molecule has 7 heteroatoms. The highest BCUT2D eigenvalue weighted by Gasteiger charge is 2.08. The number of thioether (sulfide) groups is 1. The average Bonchev–Trinajstić information content (AvgIpc) is 2.97. The van der Waals surface area contributed by atoms with Crippen LogP contribution in [-0.2, 0) is 11.3 Å². The number of carbonyl (C=O) groups excluding carboxylic acids is 1. The number of halogens is 1. The summed E-state index contributed by atoms with van der Waals surface area (Å²) in [7, 11) is 1.65. The van der Waals surface area contributed by atoms with Gasteiger partial charge in [-0.05, 0) is 30.7 Å². The van der Waals surface area contributed by atoms with Gasteiger partial charge < -0.3 is 9.30 Å². The number of ether oxygens (including phenoxy) is 1. The van der Waals surface area contributed by atoms with E-state index in [9.17, 15) is 9.18 Å². The van der Waals surface area contributed by atoms with Crippen molar-refractivity contribution in [3.8, 4) is 0 Å². The topological polar surface area (TPSA) is 57.0 Å². The average molecular weight is 323 g/mol. The number of ketones is 1. The van der Waals surface area contributed by atoms with E-state index in [1.165, 1.54) is 24.3 Å². The molecule has 0 spiro atoms. The zero-order chi connectivity index (χ0) is 15.8. The van der Waals surface area contributed by atoms with Crippen LogP contribution in [-0.4, -0.2) is 40.0 Å². The maximum Gasteiger partial charge on any atom is 0.191 e. The highest BCUT2D eigenvalue weighted by atomic mass is 32.2. The van der Waals surface area contributed by atoms with Crippen molar-refractivity contribution in [1.29, 1.82) is 0 Å². The minimum atomic E-state index is -0.331. The van der Waals surface area contributed by atoms with E-state index in [0.717, 1.165) is 17.3 Å². The van der Waals surface area contributed by atoms with Gasteiger partial charge in [0, 0.05) is 31.4 Å². The van der Waals surface area contributed by atoms with Crippen molar-refractivity contribution < 1.29 is 13.9 Å². The maximum absolute atomic E-state index is 12.8. The van der Waals surface area contributed by atoms with Crippen LogP contribution in [0.5, 0.6) is 0 Å². The van der Waals surface area contributed by atoms with Crippen molar-refractivity contribution >= 4 is 17.5 Å². The Morgan fingerprint density at radius 2 is 2.14 bits per heavy atom. The molecule has 1 heterocycles. The van der Waals surface area contributed by atoms with E-state index in [4.69, 9.17) is 4.74 Å². The van der Waals surface area contributed by atoms with Gasteiger partial charge in [-0.15, -0.1) is 10.2 Å². The lowest BCUT2D eigenvalue weighted by molar-refractivity contribution is 0.0982. The molecule has 118 valence electrons. The normalized spacial score (nSPS) is 10.8. The Labute approximate surface area is 132 Å². The molecule has 0 unspecified atom stereocenters. The Morgan fingerprint density at radius 1 is 1.36 bits per heavy atom. The van der Waals surface area contributed by atoms with E-state index in [1.807, 2.05) is 4.57 Å². The summed E-state index contributed by atoms with van der Waals surface area (Å²) in [6.07, 6.45) is 2.84. The van der Waals surface area contributed by atoms with Crippen LogP contribution in [0.4, 0.5) is 4.39 Å². The van der Waals surface area contributed by atoms with E-state index in [1.54, 1.807) is 25.2 Å². The highest BCUT2D eigenvalue weighted by Crippen LogP contribution is 2.17. The predicted molar refractivity (Wildman–Crippen MR) is 82.6 cm³/mol. The summed E-state index contributed by atoms with van der Waals surface area (Å²) in [5.41, 5.74) is 0.551. The van der Waals surface area contributed by atoms with Crippen LogP contribution >= 0.6 is 11.8 Å². The number of aromatic nitrogens is 3. The SMILES string of the molecule is COCCn1cnnc1SCCCC(=O)c1ccc(F)cc1. The first-order chi connectivity index (χ1) is 10.7. The third kappa shape index (κ3) is 4.92. The second-order valence-electron chi connectivity index (χ2n) is 4.68. The predicted octanol–water partition coefficient (Wildman–Crippen LogP) is 2.82. The number of hydrogen-bond donors (Lipinski definition) is 0. The van der Waals surface area contributed by atoms with Crippen LogP contribution in [0.15, 0.2) is 35.7 Å². The number of nitrogens with zero attached hydrogens (tertiary/aromatic N) is 3. The zero-order valence-electron chi connectivity index (χ0n) is 12.4. The Kier molecular flexibility index (Phi) is 6.54. The number of hydrogen-bond acceptors (Lipinski definition) is 5. The molecule has 0 fully saturated rings. The molecule has 2 aromatic rings. The Balaban J connectivity index is 1.74. The zero-order valence-corrected chi connectivity index (χ0v) is 13.2. The lowest BCUT2D eigenvalue weighted by Gasteiger charge is -2.05. The summed E-state index contributed by atoms with van der Waals surface area (Å²) in [5.74, 6) is 0.475. The van der Waals surface area contributed by atoms with Crippen LogP contribution in [0, 0.1) is 5.82 Å². The monoisotopic (exact) mass is 323 g/mol. The fourth-order valence-electron chi connectivity index (χ4n) is 1.88. The molecule has 0 bridgehead atoms. The minimum absolute atomic E-state index is 0.0291. The fraction of sp³-hybridized carbons (Fsp3) is 0.400. The van der Waals surface area contributed by atoms with Crippen LogP contribution in [0.3, 0.4) is 0 Å². The third-order valence-corrected chi connectivity index (χ3v) is 4.13. The third-order valence-electron chi connectivity index (χ3n) is 3.06. The van der Waals surface area contributed by atoms with Gasteiger partial charge in [-0.2, -0.15) is 0 Å². The molecule has 0 saturated heterocycles. The van der Waals surface area contributed by atoms with E-state index in [0.29, 0.717) is 25.1 Å². The van der Waals surface area contributed by atoms with E-state index < -0.39 is 0 Å². The molecule has 1 aromatic heterocycles. The molecule has 1 aromatic carbocycles. The number of benzene rings is 1. The number of rotatable bonds is 9. The fourth-order valence-corrected chi connectivity index (χ4v) is 2.76. The first-order valence-corrected chi connectivity index (χ1v) is 7.97. The van der Waals surface area contributed by atoms with Crippen LogP contribution in [0.25, 0.3) is 0 Å². The van der Waals surface area contributed by atoms with Gasteiger partial charge >= 0.3 is 0 Å². The largest absolute Gasteiger partial charge is 0.383 e. The van der Waals surface area contributed by atoms with Gasteiger partial charge in [-0.1, -0.05) is 11.8 Å². The molecular weight excluding hydrogens is 305 g/mol. The Morgan fingerprint density at radius 3 is 2.86 bits per heavy atom. The second-order valence-corrected chi connectivity index (χ2v) is 5.74. The molecular formula is C15H18FN3O2S. The first-order valence-electron chi connectivity index (χ1n) is 6.99. The number of carbonyl (C=O) groups is 1. The quantitative estimate of drug-likeness (QED) is 0.403. The van der Waals surface area contributed by atoms with Crippen LogP contribution < -0.4 is 0 Å². The molecule has 0 amide bonds. The summed E-state index contributed by atoms with van der Waals surface area (Å²) >= 11 is 1.57. The lowest BCUT2D eigenvalue weighted by atomic mass is 10.1. The summed E-state index contributed by atoms with van der Waals surface area (Å²) in [5, 5.41) is 8.75. The first kappa shape index (κ1) is 16.6.